The molecule has 2 aromatic rings. The standard InChI is InChI=1S/C21H22ClN5O2/c1-27-12-16(11-19(27)17(7-8-23)21(24)28)26-14-5-6-20(18(22)10-14)29-13-15-4-2-3-9-25-15/h2-7,9-10,16,19,26H,11-13H2,1H3,(H2,24,28). The number of benzene rings is 1. The van der Waals surface area contributed by atoms with Gasteiger partial charge in [-0.3, -0.25) is 14.7 Å². The van der Waals surface area contributed by atoms with Gasteiger partial charge in [-0.2, -0.15) is 5.26 Å². The summed E-state index contributed by atoms with van der Waals surface area (Å²) in [7, 11) is 1.90. The molecule has 29 heavy (non-hydrogen) atoms. The Balaban J connectivity index is 1.62. The third-order valence-corrected chi connectivity index (χ3v) is 5.11. The summed E-state index contributed by atoms with van der Waals surface area (Å²) >= 11 is 6.37. The molecule has 1 aliphatic rings. The number of nitriles is 1. The Kier molecular flexibility index (Phi) is 6.70. The second kappa shape index (κ2) is 9.41. The van der Waals surface area contributed by atoms with Crippen molar-refractivity contribution in [1.29, 1.82) is 5.26 Å². The van der Waals surface area contributed by atoms with Crippen molar-refractivity contribution in [3.63, 3.8) is 0 Å². The van der Waals surface area contributed by atoms with Gasteiger partial charge in [-0.25, -0.2) is 0 Å². The van der Waals surface area contributed by atoms with Gasteiger partial charge in [0.1, 0.15) is 12.4 Å². The number of likely N-dealkylation sites (N-methyl/N-ethyl adjacent to an activating group) is 1. The van der Waals surface area contributed by atoms with Gasteiger partial charge in [-0.05, 0) is 43.8 Å². The minimum Gasteiger partial charge on any atom is -0.486 e. The van der Waals surface area contributed by atoms with Crippen molar-refractivity contribution in [2.75, 3.05) is 18.9 Å². The highest BCUT2D eigenvalue weighted by Gasteiger charge is 2.34. The summed E-state index contributed by atoms with van der Waals surface area (Å²) in [4.78, 5) is 17.9. The van der Waals surface area contributed by atoms with Crippen molar-refractivity contribution in [2.24, 2.45) is 5.73 Å². The fourth-order valence-corrected chi connectivity index (χ4v) is 3.68. The van der Waals surface area contributed by atoms with Gasteiger partial charge in [-0.15, -0.1) is 0 Å². The van der Waals surface area contributed by atoms with Crippen LogP contribution in [0.3, 0.4) is 0 Å². The number of primary amides is 1. The number of amides is 1. The van der Waals surface area contributed by atoms with Crippen molar-refractivity contribution in [2.45, 2.75) is 25.1 Å². The van der Waals surface area contributed by atoms with Crippen molar-refractivity contribution < 1.29 is 9.53 Å². The maximum atomic E-state index is 11.7. The third kappa shape index (κ3) is 5.25. The first-order valence-electron chi connectivity index (χ1n) is 9.16. The highest BCUT2D eigenvalue weighted by Crippen LogP contribution is 2.30. The fourth-order valence-electron chi connectivity index (χ4n) is 3.45. The van der Waals surface area contributed by atoms with Crippen LogP contribution in [0.25, 0.3) is 0 Å². The molecule has 0 radical (unpaired) electrons. The van der Waals surface area contributed by atoms with Crippen LogP contribution in [0.4, 0.5) is 5.69 Å². The first-order chi connectivity index (χ1) is 14.0. The summed E-state index contributed by atoms with van der Waals surface area (Å²) in [6, 6.07) is 13.0. The molecule has 1 aromatic carbocycles. The van der Waals surface area contributed by atoms with Crippen LogP contribution in [-0.4, -0.2) is 41.5 Å². The zero-order valence-corrected chi connectivity index (χ0v) is 16.8. The van der Waals surface area contributed by atoms with Crippen molar-refractivity contribution in [3.8, 4) is 11.8 Å². The lowest BCUT2D eigenvalue weighted by atomic mass is 10.0. The number of carbonyl (C=O) groups excluding carboxylic acids is 1. The molecule has 0 spiro atoms. The molecule has 1 aromatic heterocycles. The zero-order chi connectivity index (χ0) is 20.8. The molecule has 7 nitrogen and oxygen atoms in total. The number of carbonyl (C=O) groups is 1. The number of allylic oxidation sites excluding steroid dienone is 1. The molecule has 0 saturated carbocycles. The molecule has 3 N–H and O–H groups in total. The number of aromatic nitrogens is 1. The van der Waals surface area contributed by atoms with E-state index in [2.05, 4.69) is 10.3 Å². The van der Waals surface area contributed by atoms with Crippen LogP contribution in [0.1, 0.15) is 12.1 Å². The summed E-state index contributed by atoms with van der Waals surface area (Å²) in [6.45, 7) is 1.04. The first kappa shape index (κ1) is 20.6. The number of rotatable bonds is 7. The number of anilines is 1. The average Bonchev–Trinajstić information content (AvgIpc) is 3.05. The van der Waals surface area contributed by atoms with E-state index in [0.29, 0.717) is 35.9 Å². The lowest BCUT2D eigenvalue weighted by molar-refractivity contribution is -0.115. The Hall–Kier alpha value is -3.08. The SMILES string of the molecule is CN1CC(Nc2ccc(OCc3ccccn3)c(Cl)c2)CC1C(=CC#N)C(N)=O. The van der Waals surface area contributed by atoms with E-state index in [0.717, 1.165) is 11.4 Å². The number of ether oxygens (including phenoxy) is 1. The number of pyridine rings is 1. The van der Waals surface area contributed by atoms with Gasteiger partial charge >= 0.3 is 0 Å². The van der Waals surface area contributed by atoms with Gasteiger partial charge in [0.2, 0.25) is 5.91 Å². The predicted octanol–water partition coefficient (Wildman–Crippen LogP) is 2.73. The molecule has 0 bridgehead atoms. The summed E-state index contributed by atoms with van der Waals surface area (Å²) in [6.07, 6.45) is 3.60. The average molecular weight is 412 g/mol. The van der Waals surface area contributed by atoms with Gasteiger partial charge in [0.25, 0.3) is 0 Å². The van der Waals surface area contributed by atoms with E-state index in [-0.39, 0.29) is 12.1 Å². The van der Waals surface area contributed by atoms with Crippen LogP contribution in [0.5, 0.6) is 5.75 Å². The zero-order valence-electron chi connectivity index (χ0n) is 16.0. The molecule has 1 aliphatic heterocycles. The second-order valence-corrected chi connectivity index (χ2v) is 7.29. The minimum absolute atomic E-state index is 0.0859. The molecular formula is C21H22ClN5O2. The van der Waals surface area contributed by atoms with Crippen molar-refractivity contribution in [1.82, 2.24) is 9.88 Å². The fraction of sp³-hybridized carbons (Fsp3) is 0.286. The number of nitrogens with one attached hydrogen (secondary N) is 1. The van der Waals surface area contributed by atoms with E-state index in [9.17, 15) is 4.79 Å². The van der Waals surface area contributed by atoms with Crippen LogP contribution in [0.15, 0.2) is 54.2 Å². The molecule has 150 valence electrons. The minimum atomic E-state index is -0.568. The summed E-state index contributed by atoms with van der Waals surface area (Å²) < 4.78 is 5.75. The molecule has 3 rings (SSSR count). The van der Waals surface area contributed by atoms with E-state index >= 15 is 0 Å². The van der Waals surface area contributed by atoms with E-state index in [1.54, 1.807) is 6.20 Å². The topological polar surface area (TPSA) is 104 Å². The quantitative estimate of drug-likeness (QED) is 0.536. The van der Waals surface area contributed by atoms with Crippen LogP contribution >= 0.6 is 11.6 Å². The van der Waals surface area contributed by atoms with Gasteiger partial charge in [-0.1, -0.05) is 17.7 Å². The molecular weight excluding hydrogens is 390 g/mol. The van der Waals surface area contributed by atoms with Gasteiger partial charge in [0.15, 0.2) is 0 Å². The highest BCUT2D eigenvalue weighted by molar-refractivity contribution is 6.32. The number of halogens is 1. The Morgan fingerprint density at radius 3 is 2.97 bits per heavy atom. The first-order valence-corrected chi connectivity index (χ1v) is 9.54. The maximum Gasteiger partial charge on any atom is 0.246 e. The largest absolute Gasteiger partial charge is 0.486 e. The number of nitrogens with two attached hydrogens (primary N) is 1. The Bertz CT molecular complexity index is 942. The van der Waals surface area contributed by atoms with Crippen LogP contribution < -0.4 is 15.8 Å². The highest BCUT2D eigenvalue weighted by atomic mass is 35.5. The molecule has 2 heterocycles. The molecule has 2 unspecified atom stereocenters. The summed E-state index contributed by atoms with van der Waals surface area (Å²) in [5.41, 5.74) is 7.43. The van der Waals surface area contributed by atoms with Crippen LogP contribution in [0, 0.1) is 11.3 Å². The Morgan fingerprint density at radius 1 is 1.48 bits per heavy atom. The number of hydrogen-bond donors (Lipinski definition) is 2. The molecule has 1 amide bonds. The van der Waals surface area contributed by atoms with Crippen LogP contribution in [-0.2, 0) is 11.4 Å². The van der Waals surface area contributed by atoms with Gasteiger partial charge in [0.05, 0.1) is 16.8 Å². The van der Waals surface area contributed by atoms with E-state index in [1.807, 2.05) is 54.4 Å². The van der Waals surface area contributed by atoms with Crippen molar-refractivity contribution >= 4 is 23.2 Å². The van der Waals surface area contributed by atoms with E-state index in [1.165, 1.54) is 6.08 Å². The molecule has 2 atom stereocenters. The van der Waals surface area contributed by atoms with Gasteiger partial charge in [0, 0.05) is 42.2 Å². The molecule has 1 saturated heterocycles. The number of likely N-dealkylation sites (tertiary alicyclic amines) is 1. The maximum absolute atomic E-state index is 11.7. The lowest BCUT2D eigenvalue weighted by Gasteiger charge is -2.19. The molecule has 1 fully saturated rings. The monoisotopic (exact) mass is 411 g/mol. The number of nitrogens with zero attached hydrogens (tertiary/aromatic N) is 3. The third-order valence-electron chi connectivity index (χ3n) is 4.82. The summed E-state index contributed by atoms with van der Waals surface area (Å²) in [5.74, 6) is 0.0127. The smallest absolute Gasteiger partial charge is 0.246 e. The lowest BCUT2D eigenvalue weighted by Crippen LogP contribution is -2.33. The van der Waals surface area contributed by atoms with E-state index < -0.39 is 5.91 Å². The second-order valence-electron chi connectivity index (χ2n) is 6.88. The molecule has 8 heteroatoms. The van der Waals surface area contributed by atoms with Crippen LogP contribution in [0.2, 0.25) is 5.02 Å². The normalized spacial score (nSPS) is 19.6. The molecule has 0 aliphatic carbocycles. The Labute approximate surface area is 174 Å². The number of hydrogen-bond acceptors (Lipinski definition) is 6. The van der Waals surface area contributed by atoms with Crippen molar-refractivity contribution in [3.05, 3.63) is 65.0 Å². The summed E-state index contributed by atoms with van der Waals surface area (Å²) in [5, 5.41) is 12.8. The Morgan fingerprint density at radius 2 is 2.31 bits per heavy atom. The predicted molar refractivity (Wildman–Crippen MR) is 111 cm³/mol. The van der Waals surface area contributed by atoms with E-state index in [4.69, 9.17) is 27.3 Å². The van der Waals surface area contributed by atoms with Gasteiger partial charge < -0.3 is 15.8 Å².